The lowest BCUT2D eigenvalue weighted by atomic mass is 9.59. The molecule has 4 aromatic rings. The van der Waals surface area contributed by atoms with Gasteiger partial charge in [0.15, 0.2) is 5.82 Å². The Kier molecular flexibility index (Phi) is 4.87. The van der Waals surface area contributed by atoms with Crippen molar-refractivity contribution in [1.29, 1.82) is 0 Å². The summed E-state index contributed by atoms with van der Waals surface area (Å²) in [6, 6.07) is 13.0. The second-order valence-electron chi connectivity index (χ2n) is 11.3. The lowest BCUT2D eigenvalue weighted by Gasteiger charge is -2.54. The van der Waals surface area contributed by atoms with Crippen molar-refractivity contribution in [2.75, 3.05) is 6.54 Å². The molecule has 36 heavy (non-hydrogen) atoms. The highest BCUT2D eigenvalue weighted by atomic mass is 19.3. The third-order valence-electron chi connectivity index (χ3n) is 8.74. The monoisotopic (exact) mass is 488 g/mol. The van der Waals surface area contributed by atoms with Gasteiger partial charge < -0.3 is 4.98 Å². The van der Waals surface area contributed by atoms with Crippen molar-refractivity contribution >= 4 is 10.9 Å². The van der Waals surface area contributed by atoms with Crippen LogP contribution < -0.4 is 0 Å². The first-order valence-corrected chi connectivity index (χ1v) is 13.0. The normalized spacial score (nSPS) is 23.2. The maximum absolute atomic E-state index is 14.0. The van der Waals surface area contributed by atoms with Crippen LogP contribution in [0.5, 0.6) is 0 Å². The summed E-state index contributed by atoms with van der Waals surface area (Å²) in [5.74, 6) is -1.24. The van der Waals surface area contributed by atoms with Gasteiger partial charge in [0.05, 0.1) is 0 Å². The summed E-state index contributed by atoms with van der Waals surface area (Å²) in [5, 5.41) is 15.5. The van der Waals surface area contributed by atoms with E-state index in [2.05, 4.69) is 61.7 Å². The zero-order valence-electron chi connectivity index (χ0n) is 20.4. The van der Waals surface area contributed by atoms with Gasteiger partial charge in [0.1, 0.15) is 0 Å². The predicted molar refractivity (Wildman–Crippen MR) is 134 cm³/mol. The predicted octanol–water partition coefficient (Wildman–Crippen LogP) is 6.29. The van der Waals surface area contributed by atoms with E-state index >= 15 is 0 Å². The van der Waals surface area contributed by atoms with Gasteiger partial charge in [-0.25, -0.2) is 13.9 Å². The molecule has 0 radical (unpaired) electrons. The maximum Gasteiger partial charge on any atom is 0.249 e. The van der Waals surface area contributed by atoms with Gasteiger partial charge in [0.25, 0.3) is 0 Å². The van der Waals surface area contributed by atoms with E-state index in [1.54, 1.807) is 0 Å². The highest BCUT2D eigenvalue weighted by Gasteiger charge is 2.58. The van der Waals surface area contributed by atoms with Crippen LogP contribution in [0, 0.1) is 12.3 Å². The Morgan fingerprint density at radius 2 is 1.92 bits per heavy atom. The van der Waals surface area contributed by atoms with Crippen LogP contribution >= 0.6 is 0 Å². The summed E-state index contributed by atoms with van der Waals surface area (Å²) >= 11 is 0. The maximum atomic E-state index is 14.0. The number of benzene rings is 2. The first kappa shape index (κ1) is 22.1. The number of likely N-dealkylation sites (tertiary alicyclic amines) is 1. The van der Waals surface area contributed by atoms with Crippen molar-refractivity contribution in [3.8, 4) is 11.4 Å². The van der Waals surface area contributed by atoms with Crippen molar-refractivity contribution in [3.05, 3.63) is 64.8 Å². The van der Waals surface area contributed by atoms with Gasteiger partial charge in [-0.2, -0.15) is 0 Å². The van der Waals surface area contributed by atoms with Gasteiger partial charge in [-0.05, 0) is 89.2 Å². The molecular weight excluding hydrogens is 458 g/mol. The van der Waals surface area contributed by atoms with Crippen LogP contribution in [0.4, 0.5) is 8.78 Å². The molecule has 2 aromatic carbocycles. The largest absolute Gasteiger partial charge is 0.361 e. The van der Waals surface area contributed by atoms with Crippen LogP contribution in [-0.2, 0) is 6.54 Å². The molecule has 8 heteroatoms. The molecule has 2 aliphatic carbocycles. The molecule has 1 spiro atoms. The number of hydrogen-bond acceptors (Lipinski definition) is 4. The Bertz CT molecular complexity index is 1400. The minimum absolute atomic E-state index is 0.0199. The third-order valence-corrected chi connectivity index (χ3v) is 8.74. The summed E-state index contributed by atoms with van der Waals surface area (Å²) in [7, 11) is 0. The summed E-state index contributed by atoms with van der Waals surface area (Å²) in [6.45, 7) is 3.86. The number of rotatable bonds is 5. The zero-order chi connectivity index (χ0) is 24.5. The van der Waals surface area contributed by atoms with E-state index in [-0.39, 0.29) is 24.3 Å². The topological polar surface area (TPSA) is 73.5 Å². The summed E-state index contributed by atoms with van der Waals surface area (Å²) < 4.78 is 28.1. The van der Waals surface area contributed by atoms with E-state index < -0.39 is 5.92 Å². The Labute approximate surface area is 208 Å². The number of aryl methyl sites for hydroxylation is 1. The Morgan fingerprint density at radius 1 is 1.11 bits per heavy atom. The van der Waals surface area contributed by atoms with Crippen LogP contribution in [0.2, 0.25) is 0 Å². The number of H-pyrrole nitrogens is 2. The zero-order valence-corrected chi connectivity index (χ0v) is 20.4. The number of nitrogens with one attached hydrogen (secondary N) is 2. The second kappa shape index (κ2) is 7.93. The Hall–Kier alpha value is -3.13. The van der Waals surface area contributed by atoms with Crippen molar-refractivity contribution in [2.45, 2.75) is 69.9 Å². The Morgan fingerprint density at radius 3 is 2.61 bits per heavy atom. The minimum Gasteiger partial charge on any atom is -0.361 e. The molecule has 1 saturated heterocycles. The summed E-state index contributed by atoms with van der Waals surface area (Å²) in [6.07, 6.45) is 6.19. The van der Waals surface area contributed by atoms with Gasteiger partial charge in [0.2, 0.25) is 5.92 Å². The quantitative estimate of drug-likeness (QED) is 0.346. The van der Waals surface area contributed by atoms with Crippen molar-refractivity contribution in [3.63, 3.8) is 0 Å². The molecular formula is C28H30F2N6. The minimum atomic E-state index is -2.51. The highest BCUT2D eigenvalue weighted by Crippen LogP contribution is 2.60. The molecule has 3 fully saturated rings. The second-order valence-corrected chi connectivity index (χ2v) is 11.3. The van der Waals surface area contributed by atoms with Crippen LogP contribution in [0.15, 0.2) is 42.6 Å². The number of tetrazole rings is 1. The average molecular weight is 489 g/mol. The summed E-state index contributed by atoms with van der Waals surface area (Å²) in [5.41, 5.74) is 7.22. The van der Waals surface area contributed by atoms with Crippen LogP contribution in [-0.4, -0.2) is 43.0 Å². The lowest BCUT2D eigenvalue weighted by Crippen LogP contribution is -2.53. The molecule has 0 bridgehead atoms. The van der Waals surface area contributed by atoms with E-state index in [9.17, 15) is 8.78 Å². The number of piperidine rings is 1. The molecule has 3 heterocycles. The number of aromatic nitrogens is 5. The van der Waals surface area contributed by atoms with Gasteiger partial charge in [-0.1, -0.05) is 30.3 Å². The number of aromatic amines is 2. The molecule has 1 atom stereocenters. The molecule has 2 aromatic heterocycles. The average Bonchev–Trinajstić information content (AvgIpc) is 3.31. The van der Waals surface area contributed by atoms with Crippen molar-refractivity contribution in [2.24, 2.45) is 5.41 Å². The van der Waals surface area contributed by atoms with E-state index in [0.29, 0.717) is 11.7 Å². The number of nitrogens with zero attached hydrogens (tertiary/aromatic N) is 4. The van der Waals surface area contributed by atoms with Crippen LogP contribution in [0.25, 0.3) is 22.3 Å². The molecule has 3 aliphatic rings. The van der Waals surface area contributed by atoms with Gasteiger partial charge >= 0.3 is 0 Å². The van der Waals surface area contributed by atoms with E-state index in [1.165, 1.54) is 46.0 Å². The molecule has 7 rings (SSSR count). The van der Waals surface area contributed by atoms with E-state index in [1.807, 2.05) is 18.3 Å². The number of alkyl halides is 2. The van der Waals surface area contributed by atoms with Gasteiger partial charge in [-0.15, -0.1) is 5.10 Å². The Balaban J connectivity index is 1.25. The molecule has 1 aliphatic heterocycles. The standard InChI is InChI=1S/C28H30F2N6/c1-17-12-22(18-2-3-18)23(21-8-10-31-25(17)21)14-36-11-9-27(15-28(29,30)16-27)13-24(36)19-4-6-20(7-5-19)26-32-34-35-33-26/h4-8,10,12,18,24,31H,2-3,9,11,13-16H2,1H3,(H,32,33,34,35). The number of fused-ring (bicyclic) bond motifs is 1. The van der Waals surface area contributed by atoms with E-state index in [0.717, 1.165) is 31.5 Å². The van der Waals surface area contributed by atoms with Crippen LogP contribution in [0.1, 0.15) is 72.7 Å². The van der Waals surface area contributed by atoms with Crippen LogP contribution in [0.3, 0.4) is 0 Å². The molecule has 186 valence electrons. The smallest absolute Gasteiger partial charge is 0.249 e. The first-order chi connectivity index (χ1) is 17.4. The molecule has 1 unspecified atom stereocenters. The highest BCUT2D eigenvalue weighted by molar-refractivity contribution is 5.87. The molecule has 2 saturated carbocycles. The molecule has 6 nitrogen and oxygen atoms in total. The number of hydrogen-bond donors (Lipinski definition) is 2. The fourth-order valence-corrected chi connectivity index (χ4v) is 6.84. The van der Waals surface area contributed by atoms with Gasteiger partial charge in [0, 0.05) is 48.1 Å². The number of halogens is 2. The summed E-state index contributed by atoms with van der Waals surface area (Å²) in [4.78, 5) is 5.97. The fourth-order valence-electron chi connectivity index (χ4n) is 6.84. The third kappa shape index (κ3) is 3.74. The first-order valence-electron chi connectivity index (χ1n) is 13.0. The van der Waals surface area contributed by atoms with Gasteiger partial charge in [-0.3, -0.25) is 4.90 Å². The fraction of sp³-hybridized carbons (Fsp3) is 0.464. The SMILES string of the molecule is Cc1cc(C2CC2)c(CN2CCC3(CC2c2ccc(-c4nnn[nH]4)cc2)CC(F)(F)C3)c2cc[nH]c12. The molecule has 2 N–H and O–H groups in total. The molecule has 0 amide bonds. The van der Waals surface area contributed by atoms with E-state index in [4.69, 9.17) is 0 Å². The van der Waals surface area contributed by atoms with Crippen molar-refractivity contribution in [1.82, 2.24) is 30.5 Å². The van der Waals surface area contributed by atoms with Crippen molar-refractivity contribution < 1.29 is 8.78 Å². The lowest BCUT2D eigenvalue weighted by molar-refractivity contribution is -0.186.